The summed E-state index contributed by atoms with van der Waals surface area (Å²) in [4.78, 5) is 17.4. The smallest absolute Gasteiger partial charge is 0.270 e. The zero-order chi connectivity index (χ0) is 17.8. The van der Waals surface area contributed by atoms with Gasteiger partial charge in [-0.25, -0.2) is 4.98 Å². The van der Waals surface area contributed by atoms with E-state index in [1.165, 1.54) is 5.57 Å². The molecule has 1 fully saturated rings. The summed E-state index contributed by atoms with van der Waals surface area (Å²) in [5.41, 5.74) is 3.79. The van der Waals surface area contributed by atoms with Crippen molar-refractivity contribution in [2.24, 2.45) is 5.92 Å². The third kappa shape index (κ3) is 4.07. The number of nitrogens with one attached hydrogen (secondary N) is 1. The quantitative estimate of drug-likeness (QED) is 0.860. The van der Waals surface area contributed by atoms with Gasteiger partial charge in [-0.05, 0) is 50.3 Å². The first-order valence-electron chi connectivity index (χ1n) is 8.97. The Morgan fingerprint density at radius 2 is 2.20 bits per heavy atom. The van der Waals surface area contributed by atoms with Crippen molar-refractivity contribution in [3.05, 3.63) is 53.2 Å². The number of nitrogens with zero attached hydrogens (tertiary/aromatic N) is 1. The Kier molecular flexibility index (Phi) is 5.49. The van der Waals surface area contributed by atoms with Crippen LogP contribution in [0.4, 0.5) is 0 Å². The van der Waals surface area contributed by atoms with Crippen molar-refractivity contribution < 1.29 is 9.53 Å². The van der Waals surface area contributed by atoms with E-state index >= 15 is 0 Å². The topological polar surface area (TPSA) is 51.2 Å². The number of pyridine rings is 1. The number of fused-ring (bicyclic) bond motifs is 1. The summed E-state index contributed by atoms with van der Waals surface area (Å²) in [6.07, 6.45) is 3.79. The Morgan fingerprint density at radius 3 is 2.96 bits per heavy atom. The fraction of sp³-hybridized carbons (Fsp3) is 0.429. The summed E-state index contributed by atoms with van der Waals surface area (Å²) in [5, 5.41) is 4.26. The van der Waals surface area contributed by atoms with Crippen molar-refractivity contribution in [2.75, 3.05) is 13.2 Å². The third-order valence-corrected chi connectivity index (χ3v) is 4.95. The van der Waals surface area contributed by atoms with Crippen LogP contribution in [0.1, 0.15) is 43.2 Å². The summed E-state index contributed by atoms with van der Waals surface area (Å²) in [6.45, 7) is 7.66. The normalized spacial score (nSPS) is 21.3. The summed E-state index contributed by atoms with van der Waals surface area (Å²) in [6, 6.07) is 10.1. The van der Waals surface area contributed by atoms with Crippen molar-refractivity contribution in [3.8, 4) is 0 Å². The molecule has 0 aliphatic carbocycles. The van der Waals surface area contributed by atoms with Gasteiger partial charge in [0.2, 0.25) is 0 Å². The lowest BCUT2D eigenvalue weighted by Gasteiger charge is -2.29. The molecule has 1 aromatic heterocycles. The minimum absolute atomic E-state index is 0.0936. The van der Waals surface area contributed by atoms with Gasteiger partial charge in [0.25, 0.3) is 5.91 Å². The highest BCUT2D eigenvalue weighted by atomic mass is 16.5. The van der Waals surface area contributed by atoms with Gasteiger partial charge in [0.1, 0.15) is 5.69 Å². The average molecular weight is 338 g/mol. The molecule has 2 heterocycles. The molecule has 0 radical (unpaired) electrons. The molecule has 1 saturated heterocycles. The van der Waals surface area contributed by atoms with Crippen LogP contribution < -0.4 is 5.32 Å². The number of amides is 1. The maximum atomic E-state index is 12.8. The Bertz CT molecular complexity index is 798. The molecule has 1 amide bonds. The van der Waals surface area contributed by atoms with E-state index in [9.17, 15) is 4.79 Å². The maximum Gasteiger partial charge on any atom is 0.270 e. The van der Waals surface area contributed by atoms with Crippen LogP contribution in [0.25, 0.3) is 10.9 Å². The number of ether oxygens (including phenoxy) is 1. The highest BCUT2D eigenvalue weighted by Gasteiger charge is 2.24. The number of rotatable bonds is 4. The van der Waals surface area contributed by atoms with E-state index < -0.39 is 0 Å². The first-order chi connectivity index (χ1) is 12.1. The van der Waals surface area contributed by atoms with Crippen LogP contribution >= 0.6 is 0 Å². The number of hydrogen-bond acceptors (Lipinski definition) is 3. The molecule has 3 rings (SSSR count). The Morgan fingerprint density at radius 1 is 1.40 bits per heavy atom. The average Bonchev–Trinajstić information content (AvgIpc) is 2.63. The molecule has 1 aliphatic heterocycles. The minimum Gasteiger partial charge on any atom is -0.381 e. The zero-order valence-electron chi connectivity index (χ0n) is 15.2. The first kappa shape index (κ1) is 17.6. The number of carbonyl (C=O) groups is 1. The molecule has 132 valence electrons. The van der Waals surface area contributed by atoms with E-state index in [1.54, 1.807) is 0 Å². The number of benzene rings is 1. The van der Waals surface area contributed by atoms with E-state index in [1.807, 2.05) is 31.2 Å². The van der Waals surface area contributed by atoms with Crippen LogP contribution in [0, 0.1) is 5.92 Å². The molecule has 25 heavy (non-hydrogen) atoms. The molecule has 0 spiro atoms. The van der Waals surface area contributed by atoms with Crippen LogP contribution in [0.2, 0.25) is 0 Å². The molecule has 1 aliphatic rings. The van der Waals surface area contributed by atoms with Gasteiger partial charge in [-0.1, -0.05) is 36.8 Å². The number of carbonyl (C=O) groups excluding carboxylic acids is 1. The van der Waals surface area contributed by atoms with E-state index in [0.717, 1.165) is 29.3 Å². The molecule has 1 N–H and O–H groups in total. The summed E-state index contributed by atoms with van der Waals surface area (Å²) in [7, 11) is 0. The van der Waals surface area contributed by atoms with Crippen LogP contribution in [-0.4, -0.2) is 30.1 Å². The Balaban J connectivity index is 1.91. The molecule has 4 nitrogen and oxygen atoms in total. The second-order valence-electron chi connectivity index (χ2n) is 6.92. The molecule has 0 bridgehead atoms. The van der Waals surface area contributed by atoms with Gasteiger partial charge >= 0.3 is 0 Å². The van der Waals surface area contributed by atoms with E-state index in [2.05, 4.69) is 36.3 Å². The van der Waals surface area contributed by atoms with Gasteiger partial charge in [0.05, 0.1) is 12.1 Å². The molecule has 2 unspecified atom stereocenters. The predicted octanol–water partition coefficient (Wildman–Crippen LogP) is 3.90. The van der Waals surface area contributed by atoms with Crippen LogP contribution in [0.3, 0.4) is 0 Å². The van der Waals surface area contributed by atoms with Crippen molar-refractivity contribution in [3.63, 3.8) is 0 Å². The van der Waals surface area contributed by atoms with Crippen LogP contribution in [-0.2, 0) is 11.2 Å². The highest BCUT2D eigenvalue weighted by molar-refractivity contribution is 5.96. The Labute approximate surface area is 149 Å². The van der Waals surface area contributed by atoms with Gasteiger partial charge in [0.15, 0.2) is 0 Å². The summed E-state index contributed by atoms with van der Waals surface area (Å²) < 4.78 is 5.46. The lowest BCUT2D eigenvalue weighted by Crippen LogP contribution is -2.44. The molecule has 2 aromatic rings. The third-order valence-electron chi connectivity index (χ3n) is 4.95. The van der Waals surface area contributed by atoms with Crippen molar-refractivity contribution in [1.29, 1.82) is 0 Å². The first-order valence-corrected chi connectivity index (χ1v) is 8.97. The molecule has 1 aromatic carbocycles. The fourth-order valence-electron chi connectivity index (χ4n) is 3.25. The van der Waals surface area contributed by atoms with Crippen molar-refractivity contribution in [2.45, 2.75) is 39.7 Å². The molecule has 4 heteroatoms. The highest BCUT2D eigenvalue weighted by Crippen LogP contribution is 2.22. The van der Waals surface area contributed by atoms with Crippen molar-refractivity contribution >= 4 is 16.8 Å². The van der Waals surface area contributed by atoms with E-state index in [4.69, 9.17) is 4.74 Å². The number of allylic oxidation sites excluding steroid dienone is 2. The zero-order valence-corrected chi connectivity index (χ0v) is 15.2. The van der Waals surface area contributed by atoms with Gasteiger partial charge in [-0.3, -0.25) is 4.79 Å². The fourth-order valence-corrected chi connectivity index (χ4v) is 3.25. The number of aromatic nitrogens is 1. The number of hydrogen-bond donors (Lipinski definition) is 1. The summed E-state index contributed by atoms with van der Waals surface area (Å²) >= 11 is 0. The lowest BCUT2D eigenvalue weighted by atomic mass is 9.97. The van der Waals surface area contributed by atoms with Crippen LogP contribution in [0.5, 0.6) is 0 Å². The van der Waals surface area contributed by atoms with Crippen LogP contribution in [0.15, 0.2) is 42.0 Å². The van der Waals surface area contributed by atoms with Gasteiger partial charge in [-0.15, -0.1) is 0 Å². The monoisotopic (exact) mass is 338 g/mol. The number of para-hydroxylation sites is 1. The SMILES string of the molecule is C/C=C(\C)Cc1cc(C(=O)NC2CCOCC2C)nc2ccccc12. The molecule has 0 saturated carbocycles. The molecular formula is C21H26N2O2. The molecule has 2 atom stereocenters. The minimum atomic E-state index is -0.0936. The molecular weight excluding hydrogens is 312 g/mol. The van der Waals surface area contributed by atoms with Gasteiger partial charge in [0, 0.05) is 18.0 Å². The lowest BCUT2D eigenvalue weighted by molar-refractivity contribution is 0.0374. The second-order valence-corrected chi connectivity index (χ2v) is 6.92. The maximum absolute atomic E-state index is 12.8. The van der Waals surface area contributed by atoms with Crippen molar-refractivity contribution in [1.82, 2.24) is 10.3 Å². The van der Waals surface area contributed by atoms with E-state index in [-0.39, 0.29) is 11.9 Å². The van der Waals surface area contributed by atoms with Gasteiger partial charge < -0.3 is 10.1 Å². The Hall–Kier alpha value is -2.20. The summed E-state index contributed by atoms with van der Waals surface area (Å²) in [5.74, 6) is 0.229. The predicted molar refractivity (Wildman–Crippen MR) is 101 cm³/mol. The second kappa shape index (κ2) is 7.79. The van der Waals surface area contributed by atoms with E-state index in [0.29, 0.717) is 24.8 Å². The van der Waals surface area contributed by atoms with Gasteiger partial charge in [-0.2, -0.15) is 0 Å². The largest absolute Gasteiger partial charge is 0.381 e. The standard InChI is InChI=1S/C21H26N2O2/c1-4-14(2)11-16-12-20(22-19-8-6-5-7-17(16)19)21(24)23-18-9-10-25-13-15(18)3/h4-8,12,15,18H,9-11,13H2,1-3H3,(H,23,24)/b14-4+.